The molecule has 0 fully saturated rings. The Balaban J connectivity index is 2.62. The Hall–Kier alpha value is -2.96. The predicted molar refractivity (Wildman–Crippen MR) is 82.0 cm³/mol. The SMILES string of the molecule is C#CCOC1=Nc2ccccc2C(=O)C1(CC#C)CC#C. The molecule has 0 aromatic heterocycles. The van der Waals surface area contributed by atoms with Gasteiger partial charge in [-0.25, -0.2) is 4.99 Å². The Morgan fingerprint density at radius 1 is 1.10 bits per heavy atom. The normalized spacial score (nSPS) is 14.9. The third-order valence-electron chi connectivity index (χ3n) is 3.31. The van der Waals surface area contributed by atoms with E-state index in [4.69, 9.17) is 24.0 Å². The van der Waals surface area contributed by atoms with Crippen molar-refractivity contribution in [2.75, 3.05) is 6.61 Å². The molecule has 0 N–H and O–H groups in total. The second kappa shape index (κ2) is 6.00. The number of fused-ring (bicyclic) bond motifs is 1. The van der Waals surface area contributed by atoms with Gasteiger partial charge < -0.3 is 4.74 Å². The molecule has 21 heavy (non-hydrogen) atoms. The lowest BCUT2D eigenvalue weighted by Crippen LogP contribution is -2.42. The second-order valence-corrected chi connectivity index (χ2v) is 4.60. The minimum atomic E-state index is -1.13. The Morgan fingerprint density at radius 2 is 1.76 bits per heavy atom. The standard InChI is InChI=1S/C18H13NO2/c1-4-11-18(12-5-2)16(20)14-9-7-8-10-15(14)19-17(18)21-13-6-3/h1-3,7-10H,11-13H2. The number of rotatable bonds is 3. The van der Waals surface area contributed by atoms with Gasteiger partial charge in [-0.15, -0.1) is 31.1 Å². The first kappa shape index (κ1) is 14.4. The molecular formula is C18H13NO2. The zero-order valence-electron chi connectivity index (χ0n) is 11.4. The van der Waals surface area contributed by atoms with Crippen LogP contribution in [-0.2, 0) is 4.74 Å². The summed E-state index contributed by atoms with van der Waals surface area (Å²) in [6.45, 7) is 0.00513. The summed E-state index contributed by atoms with van der Waals surface area (Å²) in [5, 5.41) is 0. The molecule has 0 bridgehead atoms. The predicted octanol–water partition coefficient (Wildman–Crippen LogP) is 2.60. The van der Waals surface area contributed by atoms with E-state index in [-0.39, 0.29) is 31.1 Å². The van der Waals surface area contributed by atoms with Gasteiger partial charge in [0, 0.05) is 18.4 Å². The van der Waals surface area contributed by atoms with Crippen molar-refractivity contribution in [1.82, 2.24) is 0 Å². The van der Waals surface area contributed by atoms with Crippen LogP contribution in [-0.4, -0.2) is 18.3 Å². The number of nitrogens with zero attached hydrogens (tertiary/aromatic N) is 1. The summed E-state index contributed by atoms with van der Waals surface area (Å²) in [6.07, 6.45) is 16.3. The first-order valence-corrected chi connectivity index (χ1v) is 6.36. The lowest BCUT2D eigenvalue weighted by molar-refractivity contribution is 0.0848. The largest absolute Gasteiger partial charge is 0.467 e. The zero-order valence-corrected chi connectivity index (χ0v) is 11.4. The molecule has 1 heterocycles. The number of ketones is 1. The number of para-hydroxylation sites is 1. The minimum absolute atomic E-state index is 0.00513. The molecule has 1 aliphatic rings. The van der Waals surface area contributed by atoms with Crippen LogP contribution in [0, 0.1) is 42.4 Å². The van der Waals surface area contributed by atoms with Crippen LogP contribution in [0.25, 0.3) is 0 Å². The van der Waals surface area contributed by atoms with Crippen molar-refractivity contribution in [3.05, 3.63) is 29.8 Å². The van der Waals surface area contributed by atoms with E-state index in [0.29, 0.717) is 11.3 Å². The fourth-order valence-corrected chi connectivity index (χ4v) is 2.34. The molecule has 2 rings (SSSR count). The minimum Gasteiger partial charge on any atom is -0.467 e. The average molecular weight is 275 g/mol. The average Bonchev–Trinajstić information content (AvgIpc) is 2.50. The van der Waals surface area contributed by atoms with Crippen molar-refractivity contribution >= 4 is 17.4 Å². The molecule has 1 aliphatic heterocycles. The summed E-state index contributed by atoms with van der Waals surface area (Å²) in [4.78, 5) is 17.3. The van der Waals surface area contributed by atoms with Crippen LogP contribution >= 0.6 is 0 Å². The third-order valence-corrected chi connectivity index (χ3v) is 3.31. The summed E-state index contributed by atoms with van der Waals surface area (Å²) >= 11 is 0. The molecule has 0 amide bonds. The molecule has 0 aliphatic carbocycles. The maximum atomic E-state index is 12.9. The Bertz CT molecular complexity index is 707. The topological polar surface area (TPSA) is 38.7 Å². The van der Waals surface area contributed by atoms with Gasteiger partial charge in [0.2, 0.25) is 5.90 Å². The molecule has 0 atom stereocenters. The van der Waals surface area contributed by atoms with Crippen LogP contribution in [0.15, 0.2) is 29.3 Å². The fourth-order valence-electron chi connectivity index (χ4n) is 2.34. The van der Waals surface area contributed by atoms with Gasteiger partial charge in [0.15, 0.2) is 5.78 Å². The van der Waals surface area contributed by atoms with Gasteiger partial charge in [-0.05, 0) is 12.1 Å². The number of hydrogen-bond donors (Lipinski definition) is 0. The Kier molecular flexibility index (Phi) is 4.13. The molecule has 0 unspecified atom stereocenters. The maximum Gasteiger partial charge on any atom is 0.205 e. The highest BCUT2D eigenvalue weighted by Crippen LogP contribution is 2.41. The molecule has 3 heteroatoms. The molecule has 102 valence electrons. The number of Topliss-reactive ketones (excluding diaryl/α,β-unsaturated/α-hetero) is 1. The lowest BCUT2D eigenvalue weighted by Gasteiger charge is -2.33. The van der Waals surface area contributed by atoms with Gasteiger partial charge in [0.05, 0.1) is 5.69 Å². The number of hydrogen-bond acceptors (Lipinski definition) is 3. The zero-order chi connectivity index (χ0) is 15.3. The molecule has 3 nitrogen and oxygen atoms in total. The second-order valence-electron chi connectivity index (χ2n) is 4.60. The highest BCUT2D eigenvalue weighted by atomic mass is 16.5. The summed E-state index contributed by atoms with van der Waals surface area (Å²) in [5.41, 5.74) is -0.0930. The molecular weight excluding hydrogens is 262 g/mol. The summed E-state index contributed by atoms with van der Waals surface area (Å²) < 4.78 is 5.48. The van der Waals surface area contributed by atoms with Gasteiger partial charge in [0.25, 0.3) is 0 Å². The number of ether oxygens (including phenoxy) is 1. The van der Waals surface area contributed by atoms with E-state index in [1.54, 1.807) is 24.3 Å². The van der Waals surface area contributed by atoms with E-state index < -0.39 is 5.41 Å². The van der Waals surface area contributed by atoms with E-state index in [1.807, 2.05) is 0 Å². The van der Waals surface area contributed by atoms with Crippen molar-refractivity contribution < 1.29 is 9.53 Å². The van der Waals surface area contributed by atoms with Gasteiger partial charge >= 0.3 is 0 Å². The van der Waals surface area contributed by atoms with Crippen LogP contribution in [0.2, 0.25) is 0 Å². The number of aliphatic imine (C=N–C) groups is 1. The monoisotopic (exact) mass is 275 g/mol. The van der Waals surface area contributed by atoms with E-state index in [0.717, 1.165) is 0 Å². The van der Waals surface area contributed by atoms with Gasteiger partial charge in [-0.2, -0.15) is 0 Å². The fraction of sp³-hybridized carbons (Fsp3) is 0.222. The van der Waals surface area contributed by atoms with E-state index in [2.05, 4.69) is 22.8 Å². The Morgan fingerprint density at radius 3 is 2.38 bits per heavy atom. The first-order chi connectivity index (χ1) is 10.2. The van der Waals surface area contributed by atoms with E-state index >= 15 is 0 Å². The summed E-state index contributed by atoms with van der Waals surface area (Å²) in [7, 11) is 0. The lowest BCUT2D eigenvalue weighted by atomic mass is 9.73. The van der Waals surface area contributed by atoms with Crippen LogP contribution in [0.4, 0.5) is 5.69 Å². The van der Waals surface area contributed by atoms with Crippen molar-refractivity contribution in [3.8, 4) is 37.0 Å². The van der Waals surface area contributed by atoms with E-state index in [1.165, 1.54) is 0 Å². The number of carbonyl (C=O) groups excluding carboxylic acids is 1. The first-order valence-electron chi connectivity index (χ1n) is 6.36. The van der Waals surface area contributed by atoms with Crippen LogP contribution in [0.5, 0.6) is 0 Å². The van der Waals surface area contributed by atoms with Crippen LogP contribution in [0.3, 0.4) is 0 Å². The molecule has 0 saturated heterocycles. The van der Waals surface area contributed by atoms with Crippen molar-refractivity contribution in [2.24, 2.45) is 10.4 Å². The summed E-state index contributed by atoms with van der Waals surface area (Å²) in [5.74, 6) is 7.40. The summed E-state index contributed by atoms with van der Waals surface area (Å²) in [6, 6.07) is 7.02. The van der Waals surface area contributed by atoms with E-state index in [9.17, 15) is 4.79 Å². The van der Waals surface area contributed by atoms with Gasteiger partial charge in [-0.1, -0.05) is 18.1 Å². The highest BCUT2D eigenvalue weighted by Gasteiger charge is 2.47. The maximum absolute atomic E-state index is 12.9. The van der Waals surface area contributed by atoms with Gasteiger partial charge in [-0.3, -0.25) is 4.79 Å². The van der Waals surface area contributed by atoms with Crippen LogP contribution in [0.1, 0.15) is 23.2 Å². The number of terminal acetylenes is 3. The number of benzene rings is 1. The third kappa shape index (κ3) is 2.40. The molecule has 0 saturated carbocycles. The quantitative estimate of drug-likeness (QED) is 0.795. The number of carbonyl (C=O) groups is 1. The molecule has 1 aromatic rings. The van der Waals surface area contributed by atoms with Crippen LogP contribution < -0.4 is 0 Å². The van der Waals surface area contributed by atoms with Crippen molar-refractivity contribution in [2.45, 2.75) is 12.8 Å². The molecule has 0 spiro atoms. The van der Waals surface area contributed by atoms with Crippen molar-refractivity contribution in [3.63, 3.8) is 0 Å². The van der Waals surface area contributed by atoms with Gasteiger partial charge in [0.1, 0.15) is 12.0 Å². The molecule has 1 aromatic carbocycles. The smallest absolute Gasteiger partial charge is 0.205 e. The highest BCUT2D eigenvalue weighted by molar-refractivity contribution is 6.19. The molecule has 0 radical (unpaired) electrons. The van der Waals surface area contributed by atoms with Crippen molar-refractivity contribution in [1.29, 1.82) is 0 Å². The Labute approximate surface area is 124 Å².